The Kier molecular flexibility index (Phi) is 4.93. The van der Waals surface area contributed by atoms with Crippen LogP contribution in [0.4, 0.5) is 0 Å². The van der Waals surface area contributed by atoms with Gasteiger partial charge in [-0.2, -0.15) is 5.10 Å². The second-order valence-electron chi connectivity index (χ2n) is 6.10. The molecular weight excluding hydrogens is 330 g/mol. The van der Waals surface area contributed by atoms with E-state index >= 15 is 0 Å². The number of amides is 1. The number of methoxy groups -OCH3 is 1. The molecule has 1 heterocycles. The highest BCUT2D eigenvalue weighted by Gasteiger charge is 2.15. The number of benzene rings is 2. The maximum atomic E-state index is 12.3. The fourth-order valence-corrected chi connectivity index (χ4v) is 2.60. The van der Waals surface area contributed by atoms with E-state index in [2.05, 4.69) is 15.5 Å². The Bertz CT molecular complexity index is 930. The quantitative estimate of drug-likeness (QED) is 0.658. The predicted octanol–water partition coefficient (Wildman–Crippen LogP) is 3.34. The summed E-state index contributed by atoms with van der Waals surface area (Å²) in [5.41, 5.74) is 4.23. The number of nitrogens with zero attached hydrogens (tertiary/aromatic N) is 1. The molecule has 0 spiro atoms. The Morgan fingerprint density at radius 3 is 2.62 bits per heavy atom. The van der Waals surface area contributed by atoms with Crippen LogP contribution >= 0.6 is 0 Å². The van der Waals surface area contributed by atoms with Crippen molar-refractivity contribution in [2.45, 2.75) is 20.4 Å². The number of rotatable bonds is 5. The van der Waals surface area contributed by atoms with Crippen LogP contribution in [-0.4, -0.2) is 28.3 Å². The summed E-state index contributed by atoms with van der Waals surface area (Å²) in [6.45, 7) is 4.18. The Morgan fingerprint density at radius 1 is 1.19 bits per heavy atom. The van der Waals surface area contributed by atoms with Crippen molar-refractivity contribution in [3.8, 4) is 22.8 Å². The third-order valence-corrected chi connectivity index (χ3v) is 4.41. The number of aromatic nitrogens is 2. The van der Waals surface area contributed by atoms with Gasteiger partial charge in [0.05, 0.1) is 12.8 Å². The summed E-state index contributed by atoms with van der Waals surface area (Å²) in [7, 11) is 1.61. The van der Waals surface area contributed by atoms with Gasteiger partial charge in [-0.1, -0.05) is 18.2 Å². The van der Waals surface area contributed by atoms with Crippen molar-refractivity contribution in [1.82, 2.24) is 15.5 Å². The minimum atomic E-state index is -0.261. The largest absolute Gasteiger partial charge is 0.507 e. The van der Waals surface area contributed by atoms with Crippen LogP contribution in [0.1, 0.15) is 27.2 Å². The van der Waals surface area contributed by atoms with Crippen molar-refractivity contribution < 1.29 is 14.6 Å². The Morgan fingerprint density at radius 2 is 1.92 bits per heavy atom. The monoisotopic (exact) mass is 351 g/mol. The number of hydrogen-bond donors (Lipinski definition) is 3. The van der Waals surface area contributed by atoms with E-state index in [9.17, 15) is 9.90 Å². The molecule has 0 aliphatic carbocycles. The first-order chi connectivity index (χ1) is 12.5. The first-order valence-electron chi connectivity index (χ1n) is 8.25. The zero-order chi connectivity index (χ0) is 18.7. The van der Waals surface area contributed by atoms with Crippen molar-refractivity contribution in [3.05, 3.63) is 64.8 Å². The molecule has 0 unspecified atom stereocenters. The molecule has 3 N–H and O–H groups in total. The van der Waals surface area contributed by atoms with Gasteiger partial charge >= 0.3 is 0 Å². The van der Waals surface area contributed by atoms with Gasteiger partial charge in [-0.05, 0) is 54.8 Å². The zero-order valence-electron chi connectivity index (χ0n) is 15.0. The number of carbonyl (C=O) groups is 1. The number of hydrogen-bond acceptors (Lipinski definition) is 4. The third kappa shape index (κ3) is 3.54. The first-order valence-corrected chi connectivity index (χ1v) is 8.25. The second-order valence-corrected chi connectivity index (χ2v) is 6.10. The summed E-state index contributed by atoms with van der Waals surface area (Å²) in [5.74, 6) is 0.691. The minimum Gasteiger partial charge on any atom is -0.507 e. The Labute approximate surface area is 151 Å². The molecule has 134 valence electrons. The van der Waals surface area contributed by atoms with Crippen LogP contribution in [0, 0.1) is 13.8 Å². The summed E-state index contributed by atoms with van der Waals surface area (Å²) >= 11 is 0. The van der Waals surface area contributed by atoms with E-state index in [1.807, 2.05) is 44.2 Å². The lowest BCUT2D eigenvalue weighted by molar-refractivity contribution is 0.0946. The van der Waals surface area contributed by atoms with Crippen LogP contribution in [0.2, 0.25) is 0 Å². The molecule has 1 amide bonds. The maximum absolute atomic E-state index is 12.3. The van der Waals surface area contributed by atoms with Crippen LogP contribution in [0.15, 0.2) is 42.5 Å². The standard InChI is InChI=1S/C20H21N3O3/c1-12-4-9-16(19(24)13(12)2)17-10-18(23-22-17)20(25)21-11-14-5-7-15(26-3)8-6-14/h4-10,24H,11H2,1-3H3,(H,21,25)(H,22,23). The van der Waals surface area contributed by atoms with Gasteiger partial charge in [-0.15, -0.1) is 0 Å². The van der Waals surface area contributed by atoms with E-state index in [1.54, 1.807) is 19.2 Å². The van der Waals surface area contributed by atoms with Crippen molar-refractivity contribution in [2.24, 2.45) is 0 Å². The smallest absolute Gasteiger partial charge is 0.269 e. The molecule has 2 aromatic carbocycles. The van der Waals surface area contributed by atoms with Crippen molar-refractivity contribution in [3.63, 3.8) is 0 Å². The average Bonchev–Trinajstić information content (AvgIpc) is 3.14. The van der Waals surface area contributed by atoms with E-state index in [0.717, 1.165) is 22.4 Å². The summed E-state index contributed by atoms with van der Waals surface area (Å²) < 4.78 is 5.11. The molecule has 0 aliphatic rings. The molecule has 6 heteroatoms. The third-order valence-electron chi connectivity index (χ3n) is 4.41. The lowest BCUT2D eigenvalue weighted by Gasteiger charge is -2.07. The van der Waals surface area contributed by atoms with E-state index in [1.165, 1.54) is 0 Å². The number of ether oxygens (including phenoxy) is 1. The highest BCUT2D eigenvalue weighted by Crippen LogP contribution is 2.32. The summed E-state index contributed by atoms with van der Waals surface area (Å²) in [6, 6.07) is 12.8. The normalized spacial score (nSPS) is 10.6. The van der Waals surface area contributed by atoms with Crippen LogP contribution in [0.25, 0.3) is 11.3 Å². The van der Waals surface area contributed by atoms with E-state index in [-0.39, 0.29) is 11.7 Å². The molecule has 0 radical (unpaired) electrons. The van der Waals surface area contributed by atoms with Gasteiger partial charge in [0.15, 0.2) is 0 Å². The fourth-order valence-electron chi connectivity index (χ4n) is 2.60. The van der Waals surface area contributed by atoms with Gasteiger partial charge in [0, 0.05) is 12.1 Å². The molecule has 3 rings (SSSR count). The summed E-state index contributed by atoms with van der Waals surface area (Å²) in [5, 5.41) is 20.0. The second kappa shape index (κ2) is 7.31. The van der Waals surface area contributed by atoms with Crippen LogP contribution in [0.3, 0.4) is 0 Å². The average molecular weight is 351 g/mol. The van der Waals surface area contributed by atoms with E-state index < -0.39 is 0 Å². The van der Waals surface area contributed by atoms with Crippen LogP contribution < -0.4 is 10.1 Å². The number of H-pyrrole nitrogens is 1. The topological polar surface area (TPSA) is 87.2 Å². The molecular formula is C20H21N3O3. The number of carbonyl (C=O) groups excluding carboxylic acids is 1. The molecule has 1 aromatic heterocycles. The summed E-state index contributed by atoms with van der Waals surface area (Å²) in [6.07, 6.45) is 0. The van der Waals surface area contributed by atoms with Gasteiger partial charge in [0.2, 0.25) is 0 Å². The maximum Gasteiger partial charge on any atom is 0.269 e. The molecule has 3 aromatic rings. The number of nitrogens with one attached hydrogen (secondary N) is 2. The SMILES string of the molecule is COc1ccc(CNC(=O)c2cc(-c3ccc(C)c(C)c3O)n[nH]2)cc1. The molecule has 0 fully saturated rings. The number of aryl methyl sites for hydroxylation is 1. The van der Waals surface area contributed by atoms with Crippen molar-refractivity contribution >= 4 is 5.91 Å². The molecule has 0 saturated carbocycles. The molecule has 0 aliphatic heterocycles. The van der Waals surface area contributed by atoms with Gasteiger partial charge in [-0.25, -0.2) is 0 Å². The van der Waals surface area contributed by atoms with Crippen LogP contribution in [0.5, 0.6) is 11.5 Å². The summed E-state index contributed by atoms with van der Waals surface area (Å²) in [4.78, 5) is 12.3. The number of phenolic OH excluding ortho intramolecular Hbond substituents is 1. The van der Waals surface area contributed by atoms with Gasteiger partial charge in [-0.3, -0.25) is 9.89 Å². The fraction of sp³-hybridized carbons (Fsp3) is 0.200. The number of aromatic amines is 1. The first kappa shape index (κ1) is 17.5. The Hall–Kier alpha value is -3.28. The zero-order valence-corrected chi connectivity index (χ0v) is 15.0. The van der Waals surface area contributed by atoms with E-state index in [0.29, 0.717) is 23.5 Å². The highest BCUT2D eigenvalue weighted by molar-refractivity contribution is 5.93. The van der Waals surface area contributed by atoms with Gasteiger partial charge < -0.3 is 15.2 Å². The molecule has 6 nitrogen and oxygen atoms in total. The lowest BCUT2D eigenvalue weighted by atomic mass is 10.0. The van der Waals surface area contributed by atoms with Gasteiger partial charge in [0.25, 0.3) is 5.91 Å². The minimum absolute atomic E-state index is 0.182. The molecule has 26 heavy (non-hydrogen) atoms. The Balaban J connectivity index is 1.71. The van der Waals surface area contributed by atoms with E-state index in [4.69, 9.17) is 4.74 Å². The van der Waals surface area contributed by atoms with Gasteiger partial charge in [0.1, 0.15) is 17.2 Å². The lowest BCUT2D eigenvalue weighted by Crippen LogP contribution is -2.23. The number of aromatic hydroxyl groups is 1. The van der Waals surface area contributed by atoms with Crippen molar-refractivity contribution in [2.75, 3.05) is 7.11 Å². The molecule has 0 saturated heterocycles. The van der Waals surface area contributed by atoms with Crippen LogP contribution in [-0.2, 0) is 6.54 Å². The highest BCUT2D eigenvalue weighted by atomic mass is 16.5. The molecule has 0 bridgehead atoms. The van der Waals surface area contributed by atoms with Crippen molar-refractivity contribution in [1.29, 1.82) is 0 Å². The number of phenols is 1. The predicted molar refractivity (Wildman–Crippen MR) is 99.3 cm³/mol. The molecule has 0 atom stereocenters.